The minimum Gasteiger partial charge on any atom is -0.493 e. The zero-order valence-corrected chi connectivity index (χ0v) is 27.2. The third kappa shape index (κ3) is 7.78. The fourth-order valence-electron chi connectivity index (χ4n) is 5.86. The van der Waals surface area contributed by atoms with Gasteiger partial charge in [0.2, 0.25) is 0 Å². The van der Waals surface area contributed by atoms with Crippen molar-refractivity contribution in [2.75, 3.05) is 13.2 Å². The highest BCUT2D eigenvalue weighted by Crippen LogP contribution is 2.39. The van der Waals surface area contributed by atoms with Crippen LogP contribution in [0.1, 0.15) is 60.1 Å². The predicted molar refractivity (Wildman–Crippen MR) is 172 cm³/mol. The van der Waals surface area contributed by atoms with Gasteiger partial charge < -0.3 is 29.8 Å². The Bertz CT molecular complexity index is 1470. The molecule has 0 saturated heterocycles. The number of carbonyl (C=O) groups excluding carboxylic acids is 1. The van der Waals surface area contributed by atoms with Crippen LogP contribution >= 0.6 is 0 Å². The van der Waals surface area contributed by atoms with Gasteiger partial charge in [0.15, 0.2) is 0 Å². The van der Waals surface area contributed by atoms with Crippen molar-refractivity contribution in [1.82, 2.24) is 20.2 Å². The van der Waals surface area contributed by atoms with Gasteiger partial charge in [-0.15, -0.1) is 0 Å². The van der Waals surface area contributed by atoms with Gasteiger partial charge >= 0.3 is 6.09 Å². The number of nitrogens with zero attached hydrogens (tertiary/aromatic N) is 2. The molecule has 2 aliphatic rings. The number of aromatic nitrogens is 2. The van der Waals surface area contributed by atoms with E-state index in [0.717, 1.165) is 52.5 Å². The van der Waals surface area contributed by atoms with Gasteiger partial charge in [-0.3, -0.25) is 9.78 Å². The number of amides is 2. The first kappa shape index (κ1) is 31.1. The fraction of sp³-hybridized carbons (Fsp3) is 0.545. The van der Waals surface area contributed by atoms with Crippen LogP contribution in [0.2, 0.25) is 25.7 Å². The summed E-state index contributed by atoms with van der Waals surface area (Å²) >= 11 is 0. The highest BCUT2D eigenvalue weighted by Gasteiger charge is 2.29. The number of nitrogens with one attached hydrogen (secondary N) is 2. The quantitative estimate of drug-likeness (QED) is 0.156. The summed E-state index contributed by atoms with van der Waals surface area (Å²) in [5.74, 6) is 1.31. The summed E-state index contributed by atoms with van der Waals surface area (Å²) in [6.07, 6.45) is 6.04. The van der Waals surface area contributed by atoms with E-state index < -0.39 is 14.2 Å². The molecule has 2 amide bonds. The summed E-state index contributed by atoms with van der Waals surface area (Å²) in [6, 6.07) is 9.25. The van der Waals surface area contributed by atoms with Crippen molar-refractivity contribution >= 4 is 31.1 Å². The first-order valence-electron chi connectivity index (χ1n) is 15.6. The molecular formula is C33H46N4O5Si. The number of rotatable bonds is 12. The van der Waals surface area contributed by atoms with Crippen molar-refractivity contribution in [1.29, 1.82) is 0 Å². The molecule has 43 heavy (non-hydrogen) atoms. The van der Waals surface area contributed by atoms with Crippen LogP contribution in [0.3, 0.4) is 0 Å². The summed E-state index contributed by atoms with van der Waals surface area (Å²) in [5, 5.41) is 14.9. The lowest BCUT2D eigenvalue weighted by atomic mass is 9.91. The maximum Gasteiger partial charge on any atom is 0.404 e. The molecule has 0 atom stereocenters. The largest absolute Gasteiger partial charge is 0.493 e. The third-order valence-electron chi connectivity index (χ3n) is 8.63. The van der Waals surface area contributed by atoms with E-state index in [1.165, 1.54) is 12.8 Å². The highest BCUT2D eigenvalue weighted by molar-refractivity contribution is 6.76. The Labute approximate surface area is 255 Å². The Hall–Kier alpha value is -3.37. The highest BCUT2D eigenvalue weighted by atomic mass is 28.3. The zero-order valence-electron chi connectivity index (χ0n) is 26.2. The molecule has 0 unspecified atom stereocenters. The number of ether oxygens (including phenoxy) is 2. The molecule has 3 aromatic rings. The van der Waals surface area contributed by atoms with Gasteiger partial charge in [-0.2, -0.15) is 0 Å². The smallest absolute Gasteiger partial charge is 0.404 e. The summed E-state index contributed by atoms with van der Waals surface area (Å²) in [7, 11) is -1.27. The van der Waals surface area contributed by atoms with Gasteiger partial charge in [-0.05, 0) is 82.5 Å². The van der Waals surface area contributed by atoms with Crippen LogP contribution in [0.5, 0.6) is 5.75 Å². The molecule has 0 radical (unpaired) electrons. The number of hydrogen-bond donors (Lipinski definition) is 3. The number of pyridine rings is 1. The van der Waals surface area contributed by atoms with Gasteiger partial charge in [0.05, 0.1) is 17.7 Å². The van der Waals surface area contributed by atoms with Crippen LogP contribution in [0.15, 0.2) is 30.5 Å². The molecule has 2 saturated carbocycles. The lowest BCUT2D eigenvalue weighted by molar-refractivity contribution is 0.0878. The van der Waals surface area contributed by atoms with Crippen LogP contribution in [-0.4, -0.2) is 60.0 Å². The monoisotopic (exact) mass is 606 g/mol. The molecule has 3 N–H and O–H groups in total. The van der Waals surface area contributed by atoms with E-state index >= 15 is 0 Å². The molecule has 10 heteroatoms. The molecule has 2 fully saturated rings. The average molecular weight is 607 g/mol. The molecular weight excluding hydrogens is 560 g/mol. The molecule has 5 rings (SSSR count). The van der Waals surface area contributed by atoms with E-state index in [0.29, 0.717) is 49.8 Å². The van der Waals surface area contributed by atoms with Crippen LogP contribution in [0, 0.1) is 19.8 Å². The number of aryl methyl sites for hydroxylation is 1. The van der Waals surface area contributed by atoms with E-state index in [1.54, 1.807) is 6.20 Å². The Balaban J connectivity index is 1.49. The topological polar surface area (TPSA) is 115 Å². The van der Waals surface area contributed by atoms with E-state index in [9.17, 15) is 9.59 Å². The van der Waals surface area contributed by atoms with E-state index in [-0.39, 0.29) is 18.0 Å². The van der Waals surface area contributed by atoms with Crippen LogP contribution < -0.4 is 15.4 Å². The number of carboxylic acid groups (broad SMARTS) is 1. The molecule has 2 heterocycles. The Kier molecular flexibility index (Phi) is 9.46. The Morgan fingerprint density at radius 3 is 2.35 bits per heavy atom. The first-order valence-corrected chi connectivity index (χ1v) is 19.3. The molecule has 2 aromatic heterocycles. The average Bonchev–Trinajstić information content (AvgIpc) is 3.73. The second-order valence-corrected chi connectivity index (χ2v) is 19.1. The lowest BCUT2D eigenvalue weighted by Gasteiger charge is -2.28. The molecule has 1 aromatic carbocycles. The van der Waals surface area contributed by atoms with Gasteiger partial charge in [0.25, 0.3) is 5.91 Å². The number of fused-ring (bicyclic) bond motifs is 1. The normalized spacial score (nSPS) is 18.9. The number of carbonyl (C=O) groups is 2. The summed E-state index contributed by atoms with van der Waals surface area (Å²) in [6.45, 7) is 12.8. The van der Waals surface area contributed by atoms with Gasteiger partial charge in [0, 0.05) is 49.8 Å². The first-order chi connectivity index (χ1) is 20.5. The van der Waals surface area contributed by atoms with Crippen molar-refractivity contribution < 1.29 is 24.2 Å². The third-order valence-corrected chi connectivity index (χ3v) is 10.3. The number of benzene rings is 1. The molecule has 232 valence electrons. The lowest BCUT2D eigenvalue weighted by Crippen LogP contribution is -2.43. The minimum absolute atomic E-state index is 0.0208. The van der Waals surface area contributed by atoms with Crippen LogP contribution in [0.25, 0.3) is 22.2 Å². The van der Waals surface area contributed by atoms with Gasteiger partial charge in [0.1, 0.15) is 18.0 Å². The SMILES string of the molecule is Cc1ccc(OCC2CC2)c(-c2ccnc3c(C(=O)N[C@H]4CC[C@@H](NC(=O)O)CC4)c(C)n(COCC[Si](C)(C)C)c23)c1. The minimum atomic E-state index is -1.27. The van der Waals surface area contributed by atoms with E-state index in [1.807, 2.05) is 19.1 Å². The summed E-state index contributed by atoms with van der Waals surface area (Å²) in [4.78, 5) is 29.7. The van der Waals surface area contributed by atoms with E-state index in [4.69, 9.17) is 19.6 Å². The predicted octanol–water partition coefficient (Wildman–Crippen LogP) is 6.73. The van der Waals surface area contributed by atoms with Crippen molar-refractivity contribution in [2.24, 2.45) is 5.92 Å². The number of hydrogen-bond acceptors (Lipinski definition) is 5. The van der Waals surface area contributed by atoms with Gasteiger partial charge in [-0.1, -0.05) is 31.3 Å². The molecule has 0 bridgehead atoms. The van der Waals surface area contributed by atoms with Crippen molar-refractivity contribution in [3.8, 4) is 16.9 Å². The second kappa shape index (κ2) is 13.1. The van der Waals surface area contributed by atoms with Gasteiger partial charge in [-0.25, -0.2) is 4.79 Å². The summed E-state index contributed by atoms with van der Waals surface area (Å²) < 4.78 is 14.7. The summed E-state index contributed by atoms with van der Waals surface area (Å²) in [5.41, 5.74) is 5.98. The maximum atomic E-state index is 13.9. The molecule has 9 nitrogen and oxygen atoms in total. The Morgan fingerprint density at radius 1 is 1.00 bits per heavy atom. The standard InChI is InChI=1S/C33H46N4O5Si/c1-21-6-13-28(42-19-23-7-8-23)27(18-21)26-14-15-34-30-29(22(2)37(31(26)30)20-41-16-17-43(3,4)5)32(38)35-24-9-11-25(12-10-24)36-33(39)40/h6,13-15,18,23-25,36H,7-12,16-17,19-20H2,1-5H3,(H,35,38)(H,39,40)/t24-,25+. The van der Waals surface area contributed by atoms with Crippen molar-refractivity contribution in [2.45, 2.75) is 96.9 Å². The fourth-order valence-corrected chi connectivity index (χ4v) is 6.61. The van der Waals surface area contributed by atoms with Crippen molar-refractivity contribution in [3.05, 3.63) is 47.3 Å². The van der Waals surface area contributed by atoms with Crippen molar-refractivity contribution in [3.63, 3.8) is 0 Å². The van der Waals surface area contributed by atoms with Crippen LogP contribution in [-0.2, 0) is 11.5 Å². The maximum absolute atomic E-state index is 13.9. The molecule has 0 aliphatic heterocycles. The Morgan fingerprint density at radius 2 is 1.70 bits per heavy atom. The second-order valence-electron chi connectivity index (χ2n) is 13.5. The molecule has 0 spiro atoms. The molecule has 2 aliphatic carbocycles. The van der Waals surface area contributed by atoms with Crippen LogP contribution in [0.4, 0.5) is 4.79 Å². The zero-order chi connectivity index (χ0) is 30.7. The van der Waals surface area contributed by atoms with E-state index in [2.05, 4.69) is 53.9 Å².